The number of pyridine rings is 1. The first-order chi connectivity index (χ1) is 8.85. The Labute approximate surface area is 114 Å². The molecule has 1 atom stereocenters. The third-order valence-corrected chi connectivity index (χ3v) is 4.88. The van der Waals surface area contributed by atoms with E-state index >= 15 is 0 Å². The first-order valence-corrected chi connectivity index (χ1v) is 8.06. The maximum atomic E-state index is 12.2. The van der Waals surface area contributed by atoms with Crippen molar-refractivity contribution in [3.8, 4) is 0 Å². The minimum atomic E-state index is -3.45. The van der Waals surface area contributed by atoms with Crippen LogP contribution in [0.25, 0.3) is 0 Å². The third-order valence-electron chi connectivity index (χ3n) is 3.41. The molecule has 1 fully saturated rings. The van der Waals surface area contributed by atoms with E-state index in [1.165, 1.54) is 12.3 Å². The zero-order chi connectivity index (χ0) is 14.1. The smallest absolute Gasteiger partial charge is 0.241 e. The van der Waals surface area contributed by atoms with E-state index in [0.717, 1.165) is 19.4 Å². The lowest BCUT2D eigenvalue weighted by atomic mass is 10.2. The molecule has 1 aliphatic rings. The fourth-order valence-corrected chi connectivity index (χ4v) is 3.27. The summed E-state index contributed by atoms with van der Waals surface area (Å²) in [7, 11) is -3.45. The minimum absolute atomic E-state index is 0.0396. The predicted octanol–water partition coefficient (Wildman–Crippen LogP) is 1.98. The summed E-state index contributed by atoms with van der Waals surface area (Å²) in [5.41, 5.74) is 0.0728. The third kappa shape index (κ3) is 3.45. The summed E-state index contributed by atoms with van der Waals surface area (Å²) in [6, 6.07) is 3.14. The molecule has 0 amide bonds. The van der Waals surface area contributed by atoms with Gasteiger partial charge in [-0.3, -0.25) is 0 Å². The fraction of sp³-hybridized carbons (Fsp3) is 0.615. The Morgan fingerprint density at radius 1 is 1.47 bits per heavy atom. The van der Waals surface area contributed by atoms with Crippen LogP contribution in [-0.2, 0) is 10.0 Å². The number of nitrogens with one attached hydrogen (secondary N) is 2. The molecular formula is C13H21N3O2S. The number of sulfonamides is 1. The van der Waals surface area contributed by atoms with Gasteiger partial charge in [0.1, 0.15) is 5.82 Å². The molecule has 19 heavy (non-hydrogen) atoms. The highest BCUT2D eigenvalue weighted by Gasteiger charge is 2.47. The monoisotopic (exact) mass is 283 g/mol. The highest BCUT2D eigenvalue weighted by Crippen LogP contribution is 2.45. The van der Waals surface area contributed by atoms with Crippen LogP contribution in [0.15, 0.2) is 23.2 Å². The van der Waals surface area contributed by atoms with Gasteiger partial charge in [0.15, 0.2) is 0 Å². The van der Waals surface area contributed by atoms with Gasteiger partial charge in [0.05, 0.1) is 4.90 Å². The van der Waals surface area contributed by atoms with Gasteiger partial charge in [-0.05, 0) is 24.3 Å². The second kappa shape index (κ2) is 5.09. The van der Waals surface area contributed by atoms with Crippen molar-refractivity contribution in [1.29, 1.82) is 0 Å². The van der Waals surface area contributed by atoms with Gasteiger partial charge in [-0.1, -0.05) is 20.8 Å². The van der Waals surface area contributed by atoms with E-state index in [4.69, 9.17) is 0 Å². The SMILES string of the molecule is CCCNc1cc(S(=O)(=O)NC2CC2(C)C)ccn1. The summed E-state index contributed by atoms with van der Waals surface area (Å²) in [5, 5.41) is 3.09. The average molecular weight is 283 g/mol. The highest BCUT2D eigenvalue weighted by atomic mass is 32.2. The van der Waals surface area contributed by atoms with Crippen LogP contribution in [0.3, 0.4) is 0 Å². The Hall–Kier alpha value is -1.14. The van der Waals surface area contributed by atoms with Crippen LogP contribution in [0.5, 0.6) is 0 Å². The van der Waals surface area contributed by atoms with Gasteiger partial charge in [0.25, 0.3) is 0 Å². The van der Waals surface area contributed by atoms with Crippen molar-refractivity contribution >= 4 is 15.8 Å². The van der Waals surface area contributed by atoms with Crippen LogP contribution in [0.2, 0.25) is 0 Å². The summed E-state index contributed by atoms with van der Waals surface area (Å²) in [5.74, 6) is 0.597. The van der Waals surface area contributed by atoms with Crippen LogP contribution in [0.4, 0.5) is 5.82 Å². The molecule has 106 valence electrons. The zero-order valence-electron chi connectivity index (χ0n) is 11.6. The molecule has 1 unspecified atom stereocenters. The number of nitrogens with zero attached hydrogens (tertiary/aromatic N) is 1. The second-order valence-corrected chi connectivity index (χ2v) is 7.38. The molecule has 0 radical (unpaired) electrons. The molecule has 0 spiro atoms. The molecule has 6 heteroatoms. The average Bonchev–Trinajstić information content (AvgIpc) is 2.93. The zero-order valence-corrected chi connectivity index (χ0v) is 12.4. The molecule has 0 saturated heterocycles. The van der Waals surface area contributed by atoms with Crippen molar-refractivity contribution in [3.05, 3.63) is 18.3 Å². The number of hydrogen-bond acceptors (Lipinski definition) is 4. The Morgan fingerprint density at radius 2 is 2.16 bits per heavy atom. The van der Waals surface area contributed by atoms with Crippen molar-refractivity contribution in [1.82, 2.24) is 9.71 Å². The van der Waals surface area contributed by atoms with Gasteiger partial charge in [0.2, 0.25) is 10.0 Å². The second-order valence-electron chi connectivity index (χ2n) is 5.67. The van der Waals surface area contributed by atoms with Gasteiger partial charge >= 0.3 is 0 Å². The topological polar surface area (TPSA) is 71.1 Å². The van der Waals surface area contributed by atoms with E-state index in [1.54, 1.807) is 6.07 Å². The van der Waals surface area contributed by atoms with Crippen LogP contribution in [-0.4, -0.2) is 26.0 Å². The van der Waals surface area contributed by atoms with Crippen molar-refractivity contribution < 1.29 is 8.42 Å². The summed E-state index contributed by atoms with van der Waals surface area (Å²) in [4.78, 5) is 4.38. The van der Waals surface area contributed by atoms with Crippen LogP contribution in [0, 0.1) is 5.41 Å². The number of aromatic nitrogens is 1. The Bertz CT molecular complexity index is 555. The van der Waals surface area contributed by atoms with Crippen molar-refractivity contribution in [2.45, 2.75) is 44.6 Å². The lowest BCUT2D eigenvalue weighted by molar-refractivity contribution is 0.555. The Balaban J connectivity index is 2.12. The molecule has 0 aromatic carbocycles. The van der Waals surface area contributed by atoms with Gasteiger partial charge in [-0.15, -0.1) is 0 Å². The maximum Gasteiger partial charge on any atom is 0.241 e. The van der Waals surface area contributed by atoms with Crippen LogP contribution >= 0.6 is 0 Å². The summed E-state index contributed by atoms with van der Waals surface area (Å²) in [6.07, 6.45) is 3.37. The first kappa shape index (κ1) is 14.3. The standard InChI is InChI=1S/C13H21N3O2S/c1-4-6-14-12-8-10(5-7-15-12)19(17,18)16-11-9-13(11,2)3/h5,7-8,11,16H,4,6,9H2,1-3H3,(H,14,15). The van der Waals surface area contributed by atoms with Gasteiger partial charge in [0, 0.05) is 24.8 Å². The van der Waals surface area contributed by atoms with E-state index in [0.29, 0.717) is 5.82 Å². The van der Waals surface area contributed by atoms with Crippen molar-refractivity contribution in [2.75, 3.05) is 11.9 Å². The first-order valence-electron chi connectivity index (χ1n) is 6.57. The van der Waals surface area contributed by atoms with E-state index in [1.807, 2.05) is 6.92 Å². The number of rotatable bonds is 6. The maximum absolute atomic E-state index is 12.2. The number of anilines is 1. The fourth-order valence-electron chi connectivity index (χ4n) is 1.85. The lowest BCUT2D eigenvalue weighted by Gasteiger charge is -2.10. The van der Waals surface area contributed by atoms with E-state index in [-0.39, 0.29) is 16.4 Å². The molecule has 2 rings (SSSR count). The largest absolute Gasteiger partial charge is 0.370 e. The normalized spacial score (nSPS) is 21.1. The van der Waals surface area contributed by atoms with Crippen molar-refractivity contribution in [3.63, 3.8) is 0 Å². The molecular weight excluding hydrogens is 262 g/mol. The molecule has 1 heterocycles. The molecule has 1 saturated carbocycles. The van der Waals surface area contributed by atoms with Crippen LogP contribution in [0.1, 0.15) is 33.6 Å². The van der Waals surface area contributed by atoms with E-state index < -0.39 is 10.0 Å². The van der Waals surface area contributed by atoms with E-state index in [9.17, 15) is 8.42 Å². The highest BCUT2D eigenvalue weighted by molar-refractivity contribution is 7.89. The molecule has 1 aliphatic carbocycles. The molecule has 5 nitrogen and oxygen atoms in total. The Kier molecular flexibility index (Phi) is 3.82. The van der Waals surface area contributed by atoms with Crippen molar-refractivity contribution in [2.24, 2.45) is 5.41 Å². The van der Waals surface area contributed by atoms with Gasteiger partial charge in [-0.25, -0.2) is 18.1 Å². The quantitative estimate of drug-likeness (QED) is 0.837. The predicted molar refractivity (Wildman–Crippen MR) is 75.5 cm³/mol. The summed E-state index contributed by atoms with van der Waals surface area (Å²) >= 11 is 0. The molecule has 0 bridgehead atoms. The molecule has 1 aromatic heterocycles. The van der Waals surface area contributed by atoms with Gasteiger partial charge < -0.3 is 5.32 Å². The molecule has 0 aliphatic heterocycles. The Morgan fingerprint density at radius 3 is 2.74 bits per heavy atom. The van der Waals surface area contributed by atoms with E-state index in [2.05, 4.69) is 28.9 Å². The summed E-state index contributed by atoms with van der Waals surface area (Å²) < 4.78 is 27.2. The van der Waals surface area contributed by atoms with Gasteiger partial charge in [-0.2, -0.15) is 0 Å². The van der Waals surface area contributed by atoms with Crippen LogP contribution < -0.4 is 10.0 Å². The summed E-state index contributed by atoms with van der Waals surface area (Å²) in [6.45, 7) is 6.94. The minimum Gasteiger partial charge on any atom is -0.370 e. The lowest BCUT2D eigenvalue weighted by Crippen LogP contribution is -2.28. The molecule has 2 N–H and O–H groups in total. The number of hydrogen-bond donors (Lipinski definition) is 2. The molecule has 1 aromatic rings.